The van der Waals surface area contributed by atoms with Gasteiger partial charge in [-0.3, -0.25) is 4.79 Å². The molecule has 0 aliphatic carbocycles. The van der Waals surface area contributed by atoms with Crippen molar-refractivity contribution in [2.75, 3.05) is 18.8 Å². The first-order valence-corrected chi connectivity index (χ1v) is 7.48. The van der Waals surface area contributed by atoms with Crippen LogP contribution in [0.15, 0.2) is 18.2 Å². The number of carbonyl (C=O) groups excluding carboxylic acids is 1. The summed E-state index contributed by atoms with van der Waals surface area (Å²) in [6.07, 6.45) is 6.17. The minimum absolute atomic E-state index is 0.125. The van der Waals surface area contributed by atoms with Crippen LogP contribution < -0.4 is 5.73 Å². The lowest BCUT2D eigenvalue weighted by Crippen LogP contribution is -2.32. The van der Waals surface area contributed by atoms with E-state index in [2.05, 4.69) is 5.92 Å². The van der Waals surface area contributed by atoms with Gasteiger partial charge in [0, 0.05) is 16.6 Å². The third-order valence-corrected chi connectivity index (χ3v) is 4.43. The van der Waals surface area contributed by atoms with E-state index in [1.54, 1.807) is 11.0 Å². The minimum Gasteiger partial charge on any atom is -0.397 e. The molecule has 0 radical (unpaired) electrons. The normalized spacial score (nSPS) is 10.4. The zero-order valence-corrected chi connectivity index (χ0v) is 12.7. The third kappa shape index (κ3) is 2.60. The molecule has 5 heteroatoms. The van der Waals surface area contributed by atoms with Crippen LogP contribution >= 0.6 is 22.9 Å². The fourth-order valence-corrected chi connectivity index (χ4v) is 3.51. The number of halogens is 1. The molecular formula is C15H15ClN2OS. The summed E-state index contributed by atoms with van der Waals surface area (Å²) in [5.41, 5.74) is 6.54. The number of nitrogens with zero attached hydrogens (tertiary/aromatic N) is 1. The van der Waals surface area contributed by atoms with E-state index in [0.717, 1.165) is 16.5 Å². The Hall–Kier alpha value is -1.70. The van der Waals surface area contributed by atoms with Crippen LogP contribution in [0.2, 0.25) is 5.02 Å². The van der Waals surface area contributed by atoms with E-state index in [9.17, 15) is 4.79 Å². The average molecular weight is 307 g/mol. The number of nitrogen functional groups attached to an aromatic ring is 1. The number of benzene rings is 1. The lowest BCUT2D eigenvalue weighted by Gasteiger charge is -2.18. The Balaban J connectivity index is 2.47. The predicted octanol–water partition coefficient (Wildman–Crippen LogP) is 3.62. The Morgan fingerprint density at radius 3 is 2.90 bits per heavy atom. The topological polar surface area (TPSA) is 46.3 Å². The summed E-state index contributed by atoms with van der Waals surface area (Å²) in [5, 5.41) is 1.31. The molecule has 2 N–H and O–H groups in total. The van der Waals surface area contributed by atoms with Gasteiger partial charge in [0.15, 0.2) is 0 Å². The van der Waals surface area contributed by atoms with Crippen molar-refractivity contribution in [3.63, 3.8) is 0 Å². The Bertz CT molecular complexity index is 687. The van der Waals surface area contributed by atoms with E-state index in [1.807, 2.05) is 19.1 Å². The molecule has 1 aromatic carbocycles. The van der Waals surface area contributed by atoms with E-state index >= 15 is 0 Å². The number of amides is 1. The molecule has 20 heavy (non-hydrogen) atoms. The van der Waals surface area contributed by atoms with Gasteiger partial charge in [0.1, 0.15) is 4.88 Å². The highest BCUT2D eigenvalue weighted by molar-refractivity contribution is 7.21. The van der Waals surface area contributed by atoms with Crippen LogP contribution in [-0.4, -0.2) is 23.9 Å². The first kappa shape index (κ1) is 14.7. The van der Waals surface area contributed by atoms with E-state index in [1.165, 1.54) is 11.3 Å². The van der Waals surface area contributed by atoms with Crippen LogP contribution in [-0.2, 0) is 0 Å². The van der Waals surface area contributed by atoms with E-state index in [-0.39, 0.29) is 12.5 Å². The fourth-order valence-electron chi connectivity index (χ4n) is 2.06. The number of terminal acetylenes is 1. The lowest BCUT2D eigenvalue weighted by atomic mass is 10.2. The van der Waals surface area contributed by atoms with Gasteiger partial charge in [0.2, 0.25) is 0 Å². The third-order valence-electron chi connectivity index (χ3n) is 2.96. The van der Waals surface area contributed by atoms with E-state index in [0.29, 0.717) is 22.1 Å². The summed E-state index contributed by atoms with van der Waals surface area (Å²) in [6.45, 7) is 2.90. The Kier molecular flexibility index (Phi) is 4.53. The number of anilines is 1. The molecule has 2 rings (SSSR count). The van der Waals surface area contributed by atoms with Gasteiger partial charge in [0.05, 0.1) is 17.3 Å². The van der Waals surface area contributed by atoms with Crippen LogP contribution in [0.4, 0.5) is 5.69 Å². The molecule has 0 aliphatic rings. The van der Waals surface area contributed by atoms with Crippen molar-refractivity contribution in [1.29, 1.82) is 0 Å². The highest BCUT2D eigenvalue weighted by Crippen LogP contribution is 2.38. The second-order valence-electron chi connectivity index (χ2n) is 4.39. The van der Waals surface area contributed by atoms with Gasteiger partial charge < -0.3 is 10.6 Å². The highest BCUT2D eigenvalue weighted by Gasteiger charge is 2.22. The van der Waals surface area contributed by atoms with Crippen molar-refractivity contribution in [3.8, 4) is 12.3 Å². The van der Waals surface area contributed by atoms with Crippen LogP contribution in [0.5, 0.6) is 0 Å². The second kappa shape index (κ2) is 6.17. The number of hydrogen-bond acceptors (Lipinski definition) is 3. The molecule has 0 bridgehead atoms. The van der Waals surface area contributed by atoms with Crippen molar-refractivity contribution < 1.29 is 4.79 Å². The van der Waals surface area contributed by atoms with E-state index in [4.69, 9.17) is 23.8 Å². The van der Waals surface area contributed by atoms with Crippen LogP contribution in [0.25, 0.3) is 10.1 Å². The number of hydrogen-bond donors (Lipinski definition) is 1. The van der Waals surface area contributed by atoms with Crippen molar-refractivity contribution in [1.82, 2.24) is 4.90 Å². The summed E-state index contributed by atoms with van der Waals surface area (Å²) >= 11 is 7.51. The highest BCUT2D eigenvalue weighted by atomic mass is 35.5. The van der Waals surface area contributed by atoms with Gasteiger partial charge >= 0.3 is 0 Å². The Labute approximate surface area is 127 Å². The molecule has 104 valence electrons. The molecule has 1 amide bonds. The Morgan fingerprint density at radius 2 is 2.30 bits per heavy atom. The standard InChI is InChI=1S/C15H15ClN2OS/c1-3-8-18(9-4-2)15(19)14-13(17)12-10(16)6-5-7-11(12)20-14/h1,5-7H,4,8-9,17H2,2H3. The molecule has 0 saturated carbocycles. The molecule has 3 nitrogen and oxygen atoms in total. The summed E-state index contributed by atoms with van der Waals surface area (Å²) in [4.78, 5) is 14.7. The fraction of sp³-hybridized carbons (Fsp3) is 0.267. The first-order valence-electron chi connectivity index (χ1n) is 6.29. The van der Waals surface area contributed by atoms with E-state index < -0.39 is 0 Å². The zero-order chi connectivity index (χ0) is 14.7. The summed E-state index contributed by atoms with van der Waals surface area (Å²) in [5.74, 6) is 2.39. The molecule has 0 spiro atoms. The molecule has 1 aromatic heterocycles. The average Bonchev–Trinajstić information content (AvgIpc) is 2.76. The van der Waals surface area contributed by atoms with Crippen LogP contribution in [0.3, 0.4) is 0 Å². The summed E-state index contributed by atoms with van der Waals surface area (Å²) < 4.78 is 0.913. The maximum Gasteiger partial charge on any atom is 0.266 e. The van der Waals surface area contributed by atoms with Crippen molar-refractivity contribution in [2.24, 2.45) is 0 Å². The van der Waals surface area contributed by atoms with Gasteiger partial charge in [-0.15, -0.1) is 17.8 Å². The molecule has 0 fully saturated rings. The molecule has 0 saturated heterocycles. The molecule has 2 aromatic rings. The summed E-state index contributed by atoms with van der Waals surface area (Å²) in [6, 6.07) is 5.52. The van der Waals surface area contributed by atoms with Crippen molar-refractivity contribution >= 4 is 44.6 Å². The van der Waals surface area contributed by atoms with Gasteiger partial charge in [-0.25, -0.2) is 0 Å². The van der Waals surface area contributed by atoms with Crippen LogP contribution in [0, 0.1) is 12.3 Å². The number of thiophene rings is 1. The number of rotatable bonds is 4. The smallest absolute Gasteiger partial charge is 0.266 e. The van der Waals surface area contributed by atoms with Crippen LogP contribution in [0.1, 0.15) is 23.0 Å². The second-order valence-corrected chi connectivity index (χ2v) is 5.85. The maximum absolute atomic E-state index is 12.5. The van der Waals surface area contributed by atoms with Crippen molar-refractivity contribution in [3.05, 3.63) is 28.1 Å². The minimum atomic E-state index is -0.125. The quantitative estimate of drug-likeness (QED) is 0.877. The molecule has 1 heterocycles. The SMILES string of the molecule is C#CCN(CCC)C(=O)c1sc2cccc(Cl)c2c1N. The summed E-state index contributed by atoms with van der Waals surface area (Å²) in [7, 11) is 0. The molecular weight excluding hydrogens is 292 g/mol. The van der Waals surface area contributed by atoms with Gasteiger partial charge in [0.25, 0.3) is 5.91 Å². The largest absolute Gasteiger partial charge is 0.397 e. The first-order chi connectivity index (χ1) is 9.60. The maximum atomic E-state index is 12.5. The zero-order valence-electron chi connectivity index (χ0n) is 11.1. The number of carbonyl (C=O) groups is 1. The Morgan fingerprint density at radius 1 is 1.55 bits per heavy atom. The monoisotopic (exact) mass is 306 g/mol. The molecule has 0 aliphatic heterocycles. The number of fused-ring (bicyclic) bond motifs is 1. The molecule has 0 atom stereocenters. The van der Waals surface area contributed by atoms with Gasteiger partial charge in [-0.05, 0) is 18.6 Å². The number of nitrogens with two attached hydrogens (primary N) is 1. The van der Waals surface area contributed by atoms with Gasteiger partial charge in [-0.2, -0.15) is 0 Å². The van der Waals surface area contributed by atoms with Crippen molar-refractivity contribution in [2.45, 2.75) is 13.3 Å². The molecule has 0 unspecified atom stereocenters. The predicted molar refractivity (Wildman–Crippen MR) is 86.3 cm³/mol. The lowest BCUT2D eigenvalue weighted by molar-refractivity contribution is 0.0782. The van der Waals surface area contributed by atoms with Gasteiger partial charge in [-0.1, -0.05) is 30.5 Å².